The number of furan rings is 1. The first kappa shape index (κ1) is 14.1. The maximum Gasteiger partial charge on any atom is 0.287 e. The normalized spacial score (nSPS) is 10.1. The number of nitrogens with two attached hydrogens (primary N) is 2. The van der Waals surface area contributed by atoms with Crippen LogP contribution in [0.15, 0.2) is 28.7 Å². The van der Waals surface area contributed by atoms with Crippen LogP contribution < -0.4 is 16.8 Å². The van der Waals surface area contributed by atoms with Gasteiger partial charge >= 0.3 is 0 Å². The summed E-state index contributed by atoms with van der Waals surface area (Å²) < 4.78 is 5.50. The zero-order chi connectivity index (χ0) is 14.4. The molecule has 1 amide bonds. The second-order valence-electron chi connectivity index (χ2n) is 4.27. The summed E-state index contributed by atoms with van der Waals surface area (Å²) in [6, 6.07) is 7.22. The molecule has 2 aromatic rings. The zero-order valence-electron chi connectivity index (χ0n) is 11.1. The fourth-order valence-electron chi connectivity index (χ4n) is 1.78. The van der Waals surface area contributed by atoms with Crippen molar-refractivity contribution in [3.05, 3.63) is 35.6 Å². The van der Waals surface area contributed by atoms with E-state index in [1.165, 1.54) is 0 Å². The van der Waals surface area contributed by atoms with E-state index >= 15 is 0 Å². The fraction of sp³-hybridized carbons (Fsp3) is 0.267. The number of nitrogens with one attached hydrogen (secondary N) is 1. The lowest BCUT2D eigenvalue weighted by Crippen LogP contribution is -2.25. The van der Waals surface area contributed by atoms with Crippen LogP contribution in [0.3, 0.4) is 0 Å². The summed E-state index contributed by atoms with van der Waals surface area (Å²) in [5, 5.41) is 3.60. The Morgan fingerprint density at radius 3 is 2.90 bits per heavy atom. The number of carbonyl (C=O) groups is 1. The second-order valence-corrected chi connectivity index (χ2v) is 4.27. The van der Waals surface area contributed by atoms with Crippen LogP contribution in [0.5, 0.6) is 0 Å². The third kappa shape index (κ3) is 3.38. The largest absolute Gasteiger partial charge is 0.451 e. The number of hydrogen-bond donors (Lipinski definition) is 3. The Hall–Kier alpha value is -2.29. The van der Waals surface area contributed by atoms with Crippen LogP contribution in [-0.4, -0.2) is 25.5 Å². The summed E-state index contributed by atoms with van der Waals surface area (Å²) in [5.74, 6) is 5.80. The van der Waals surface area contributed by atoms with Gasteiger partial charge in [0.15, 0.2) is 5.76 Å². The molecule has 0 radical (unpaired) electrons. The lowest BCUT2D eigenvalue weighted by atomic mass is 10.1. The summed E-state index contributed by atoms with van der Waals surface area (Å²) in [6.45, 7) is 1.40. The predicted octanol–water partition coefficient (Wildman–Crippen LogP) is 0.822. The molecular formula is C15H17N3O2. The lowest BCUT2D eigenvalue weighted by Gasteiger charge is -2.00. The average Bonchev–Trinajstić information content (AvgIpc) is 2.88. The Kier molecular flexibility index (Phi) is 4.77. The average molecular weight is 271 g/mol. The summed E-state index contributed by atoms with van der Waals surface area (Å²) in [5.41, 5.74) is 12.2. The summed E-state index contributed by atoms with van der Waals surface area (Å²) in [7, 11) is 0. The molecule has 0 spiro atoms. The smallest absolute Gasteiger partial charge is 0.287 e. The van der Waals surface area contributed by atoms with Gasteiger partial charge in [0, 0.05) is 17.5 Å². The third-order valence-electron chi connectivity index (χ3n) is 2.74. The van der Waals surface area contributed by atoms with Crippen LogP contribution >= 0.6 is 0 Å². The minimum absolute atomic E-state index is 0.232. The van der Waals surface area contributed by atoms with Crippen molar-refractivity contribution in [2.75, 3.05) is 19.6 Å². The van der Waals surface area contributed by atoms with E-state index in [1.54, 1.807) is 12.1 Å². The van der Waals surface area contributed by atoms with Gasteiger partial charge in [0.2, 0.25) is 0 Å². The maximum absolute atomic E-state index is 11.9. The first-order chi connectivity index (χ1) is 9.74. The minimum atomic E-state index is -0.232. The molecule has 0 aliphatic carbocycles. The molecule has 0 bridgehead atoms. The van der Waals surface area contributed by atoms with E-state index in [2.05, 4.69) is 17.2 Å². The van der Waals surface area contributed by atoms with E-state index in [9.17, 15) is 4.79 Å². The van der Waals surface area contributed by atoms with Crippen LogP contribution in [0.4, 0.5) is 0 Å². The molecule has 0 aliphatic heterocycles. The van der Waals surface area contributed by atoms with E-state index in [0.717, 1.165) is 17.4 Å². The van der Waals surface area contributed by atoms with Gasteiger partial charge in [0.05, 0.1) is 6.54 Å². The quantitative estimate of drug-likeness (QED) is 0.567. The summed E-state index contributed by atoms with van der Waals surface area (Å²) >= 11 is 0. The van der Waals surface area contributed by atoms with Crippen LogP contribution in [0, 0.1) is 11.8 Å². The number of carbonyl (C=O) groups excluding carboxylic acids is 1. The van der Waals surface area contributed by atoms with Gasteiger partial charge < -0.3 is 21.2 Å². The lowest BCUT2D eigenvalue weighted by molar-refractivity contribution is 0.0928. The summed E-state index contributed by atoms with van der Waals surface area (Å²) in [6.07, 6.45) is 0.741. The molecule has 0 atom stereocenters. The van der Waals surface area contributed by atoms with Gasteiger partial charge in [-0.05, 0) is 37.2 Å². The van der Waals surface area contributed by atoms with E-state index in [1.807, 2.05) is 12.1 Å². The highest BCUT2D eigenvalue weighted by Crippen LogP contribution is 2.20. The molecule has 0 unspecified atom stereocenters. The Labute approximate surface area is 117 Å². The van der Waals surface area contributed by atoms with E-state index < -0.39 is 0 Å². The predicted molar refractivity (Wildman–Crippen MR) is 78.2 cm³/mol. The highest BCUT2D eigenvalue weighted by atomic mass is 16.3. The maximum atomic E-state index is 11.9. The van der Waals surface area contributed by atoms with Crippen LogP contribution in [-0.2, 0) is 0 Å². The molecule has 1 heterocycles. The number of fused-ring (bicyclic) bond motifs is 1. The molecule has 5 heteroatoms. The number of benzene rings is 1. The van der Waals surface area contributed by atoms with Gasteiger partial charge in [-0.15, -0.1) is 0 Å². The summed E-state index contributed by atoms with van der Waals surface area (Å²) in [4.78, 5) is 11.9. The molecule has 20 heavy (non-hydrogen) atoms. The van der Waals surface area contributed by atoms with Gasteiger partial charge in [-0.3, -0.25) is 4.79 Å². The Balaban J connectivity index is 2.18. The number of hydrogen-bond acceptors (Lipinski definition) is 4. The number of amides is 1. The van der Waals surface area contributed by atoms with Crippen molar-refractivity contribution in [3.8, 4) is 11.8 Å². The highest BCUT2D eigenvalue weighted by molar-refractivity contribution is 5.96. The van der Waals surface area contributed by atoms with Crippen LogP contribution in [0.1, 0.15) is 22.5 Å². The number of rotatable bonds is 4. The van der Waals surface area contributed by atoms with Crippen molar-refractivity contribution < 1.29 is 9.21 Å². The first-order valence-electron chi connectivity index (χ1n) is 6.45. The van der Waals surface area contributed by atoms with Crippen molar-refractivity contribution in [2.45, 2.75) is 6.42 Å². The molecule has 1 aromatic carbocycles. The Bertz CT molecular complexity index is 665. The molecule has 5 nitrogen and oxygen atoms in total. The van der Waals surface area contributed by atoms with Gasteiger partial charge in [-0.25, -0.2) is 0 Å². The molecule has 104 valence electrons. The van der Waals surface area contributed by atoms with Gasteiger partial charge in [-0.1, -0.05) is 11.8 Å². The van der Waals surface area contributed by atoms with Crippen molar-refractivity contribution in [1.82, 2.24) is 5.32 Å². The molecule has 0 saturated carbocycles. The molecule has 0 aliphatic rings. The SMILES string of the molecule is NCC#Cc1ccc2oc(C(=O)NCCCN)cc2c1. The van der Waals surface area contributed by atoms with Crippen molar-refractivity contribution in [1.29, 1.82) is 0 Å². The fourth-order valence-corrected chi connectivity index (χ4v) is 1.78. The van der Waals surface area contributed by atoms with E-state index in [4.69, 9.17) is 15.9 Å². The van der Waals surface area contributed by atoms with E-state index in [0.29, 0.717) is 31.0 Å². The van der Waals surface area contributed by atoms with Crippen molar-refractivity contribution in [2.24, 2.45) is 11.5 Å². The second kappa shape index (κ2) is 6.75. The molecule has 1 aromatic heterocycles. The standard InChI is InChI=1S/C15H17N3O2/c16-6-1-3-11-4-5-13-12(9-11)10-14(20-13)15(19)18-8-2-7-17/h4-5,9-10H,2,6-8,16-17H2,(H,18,19). The topological polar surface area (TPSA) is 94.3 Å². The van der Waals surface area contributed by atoms with Gasteiger partial charge in [-0.2, -0.15) is 0 Å². The molecule has 2 rings (SSSR count). The van der Waals surface area contributed by atoms with Crippen molar-refractivity contribution in [3.63, 3.8) is 0 Å². The van der Waals surface area contributed by atoms with Gasteiger partial charge in [0.1, 0.15) is 5.58 Å². The Morgan fingerprint density at radius 2 is 2.15 bits per heavy atom. The van der Waals surface area contributed by atoms with Crippen molar-refractivity contribution >= 4 is 16.9 Å². The molecule has 0 saturated heterocycles. The van der Waals surface area contributed by atoms with Gasteiger partial charge in [0.25, 0.3) is 5.91 Å². The molecule has 0 fully saturated rings. The van der Waals surface area contributed by atoms with E-state index in [-0.39, 0.29) is 5.91 Å². The third-order valence-corrected chi connectivity index (χ3v) is 2.74. The molecular weight excluding hydrogens is 254 g/mol. The zero-order valence-corrected chi connectivity index (χ0v) is 11.1. The first-order valence-corrected chi connectivity index (χ1v) is 6.45. The van der Waals surface area contributed by atoms with Crippen LogP contribution in [0.2, 0.25) is 0 Å². The monoisotopic (exact) mass is 271 g/mol. The van der Waals surface area contributed by atoms with Crippen LogP contribution in [0.25, 0.3) is 11.0 Å². The molecule has 5 N–H and O–H groups in total. The Morgan fingerprint density at radius 1 is 1.30 bits per heavy atom. The highest BCUT2D eigenvalue weighted by Gasteiger charge is 2.11. The minimum Gasteiger partial charge on any atom is -0.451 e.